The maximum Gasteiger partial charge on any atom is 0.0124 e. The quantitative estimate of drug-likeness (QED) is 0.485. The highest BCUT2D eigenvalue weighted by Gasteiger charge is 1.97. The smallest absolute Gasteiger partial charge is 0.0124 e. The van der Waals surface area contributed by atoms with E-state index in [1.807, 2.05) is 48.5 Å². The summed E-state index contributed by atoms with van der Waals surface area (Å²) >= 11 is 3.40. The largest absolute Gasteiger partial charge is 0.319 e. The standard InChI is InChI=1S/C18H10N2S2/c1-3-11-19-13(5-1)15-7-9-17(21-15)18-10-8-16(22-18)14-6-2-4-12-20-14/h1-6,9-12H/q-2. The second kappa shape index (κ2) is 5.83. The zero-order valence-electron chi connectivity index (χ0n) is 11.5. The minimum absolute atomic E-state index is 0.962. The van der Waals surface area contributed by atoms with Crippen LogP contribution in [0.1, 0.15) is 0 Å². The van der Waals surface area contributed by atoms with Crippen LogP contribution in [0.4, 0.5) is 0 Å². The van der Waals surface area contributed by atoms with Crippen molar-refractivity contribution < 1.29 is 0 Å². The first-order chi connectivity index (χ1) is 10.9. The molecule has 106 valence electrons. The van der Waals surface area contributed by atoms with Crippen molar-refractivity contribution in [2.75, 3.05) is 0 Å². The first-order valence-electron chi connectivity index (χ1n) is 6.76. The topological polar surface area (TPSA) is 25.8 Å². The zero-order valence-corrected chi connectivity index (χ0v) is 13.1. The summed E-state index contributed by atoms with van der Waals surface area (Å²) in [6, 6.07) is 22.5. The number of rotatable bonds is 3. The lowest BCUT2D eigenvalue weighted by Gasteiger charge is -2.05. The Morgan fingerprint density at radius 1 is 0.682 bits per heavy atom. The Bertz CT molecular complexity index is 804. The van der Waals surface area contributed by atoms with Crippen molar-refractivity contribution in [3.8, 4) is 30.9 Å². The molecule has 4 aromatic heterocycles. The van der Waals surface area contributed by atoms with Crippen molar-refractivity contribution in [3.63, 3.8) is 0 Å². The SMILES string of the molecule is [c-]1cc(-c2c[c-]c(-c3ccccn3)s2)sc1-c1ccccn1. The van der Waals surface area contributed by atoms with Crippen molar-refractivity contribution in [1.29, 1.82) is 0 Å². The molecule has 0 aliphatic carbocycles. The fraction of sp³-hybridized carbons (Fsp3) is 0. The van der Waals surface area contributed by atoms with Gasteiger partial charge in [-0.2, -0.15) is 24.3 Å². The van der Waals surface area contributed by atoms with Crippen LogP contribution in [0.15, 0.2) is 60.9 Å². The van der Waals surface area contributed by atoms with Crippen LogP contribution < -0.4 is 0 Å². The van der Waals surface area contributed by atoms with Gasteiger partial charge in [-0.05, 0) is 23.5 Å². The molecule has 0 aromatic carbocycles. The summed E-state index contributed by atoms with van der Waals surface area (Å²) in [5.41, 5.74) is 1.92. The highest BCUT2D eigenvalue weighted by Crippen LogP contribution is 2.38. The van der Waals surface area contributed by atoms with Crippen LogP contribution in [-0.4, -0.2) is 9.97 Å². The maximum atomic E-state index is 4.37. The van der Waals surface area contributed by atoms with E-state index in [0.29, 0.717) is 0 Å². The summed E-state index contributed by atoms with van der Waals surface area (Å²) in [6.07, 6.45) is 3.61. The van der Waals surface area contributed by atoms with Crippen LogP contribution in [0.5, 0.6) is 0 Å². The van der Waals surface area contributed by atoms with Gasteiger partial charge < -0.3 is 9.97 Å². The zero-order chi connectivity index (χ0) is 14.8. The molecule has 0 saturated heterocycles. The van der Waals surface area contributed by atoms with Crippen LogP contribution in [-0.2, 0) is 0 Å². The first kappa shape index (κ1) is 13.4. The fourth-order valence-corrected chi connectivity index (χ4v) is 4.02. The van der Waals surface area contributed by atoms with Crippen molar-refractivity contribution in [3.05, 3.63) is 73.1 Å². The van der Waals surface area contributed by atoms with E-state index in [2.05, 4.69) is 22.1 Å². The molecule has 0 bridgehead atoms. The van der Waals surface area contributed by atoms with Crippen LogP contribution in [0.25, 0.3) is 30.9 Å². The highest BCUT2D eigenvalue weighted by molar-refractivity contribution is 7.25. The van der Waals surface area contributed by atoms with Gasteiger partial charge in [-0.25, -0.2) is 22.7 Å². The van der Waals surface area contributed by atoms with Crippen molar-refractivity contribution >= 4 is 22.7 Å². The van der Waals surface area contributed by atoms with Gasteiger partial charge in [0.2, 0.25) is 0 Å². The Balaban J connectivity index is 1.66. The van der Waals surface area contributed by atoms with E-state index in [4.69, 9.17) is 0 Å². The normalized spacial score (nSPS) is 10.7. The highest BCUT2D eigenvalue weighted by atomic mass is 32.1. The van der Waals surface area contributed by atoms with Gasteiger partial charge in [0.1, 0.15) is 0 Å². The molecule has 4 rings (SSSR count). The third-order valence-corrected chi connectivity index (χ3v) is 5.44. The Morgan fingerprint density at radius 2 is 1.18 bits per heavy atom. The van der Waals surface area contributed by atoms with E-state index >= 15 is 0 Å². The van der Waals surface area contributed by atoms with Crippen LogP contribution in [0, 0.1) is 12.1 Å². The van der Waals surface area contributed by atoms with Gasteiger partial charge in [0.05, 0.1) is 0 Å². The number of hydrogen-bond acceptors (Lipinski definition) is 4. The van der Waals surface area contributed by atoms with Gasteiger partial charge in [0.15, 0.2) is 0 Å². The second-order valence-electron chi connectivity index (χ2n) is 4.60. The minimum atomic E-state index is 0.962. The van der Waals surface area contributed by atoms with Gasteiger partial charge in [-0.1, -0.05) is 34.0 Å². The Kier molecular flexibility index (Phi) is 3.54. The van der Waals surface area contributed by atoms with E-state index in [1.54, 1.807) is 35.1 Å². The average molecular weight is 318 g/mol. The molecule has 2 nitrogen and oxygen atoms in total. The molecular formula is C18H10N2S2-2. The summed E-state index contributed by atoms with van der Waals surface area (Å²) in [7, 11) is 0. The van der Waals surface area contributed by atoms with Crippen molar-refractivity contribution in [2.24, 2.45) is 0 Å². The minimum Gasteiger partial charge on any atom is -0.319 e. The van der Waals surface area contributed by atoms with Crippen molar-refractivity contribution in [2.45, 2.75) is 0 Å². The van der Waals surface area contributed by atoms with Gasteiger partial charge in [0, 0.05) is 12.4 Å². The number of pyridine rings is 2. The Hall–Kier alpha value is -2.30. The van der Waals surface area contributed by atoms with Crippen LogP contribution in [0.3, 0.4) is 0 Å². The average Bonchev–Trinajstić information content (AvgIpc) is 3.26. The lowest BCUT2D eigenvalue weighted by molar-refractivity contribution is 1.34. The monoisotopic (exact) mass is 318 g/mol. The van der Waals surface area contributed by atoms with Gasteiger partial charge in [0.25, 0.3) is 0 Å². The van der Waals surface area contributed by atoms with Gasteiger partial charge in [-0.3, -0.25) is 0 Å². The maximum absolute atomic E-state index is 4.37. The number of thiophene rings is 2. The Morgan fingerprint density at radius 3 is 1.59 bits per heavy atom. The third kappa shape index (κ3) is 2.58. The Labute approximate surface area is 136 Å². The molecule has 4 heteroatoms. The molecule has 0 atom stereocenters. The number of nitrogens with zero attached hydrogens (tertiary/aromatic N) is 2. The van der Waals surface area contributed by atoms with Crippen LogP contribution >= 0.6 is 22.7 Å². The summed E-state index contributed by atoms with van der Waals surface area (Å²) in [5.74, 6) is 0. The van der Waals surface area contributed by atoms with E-state index in [-0.39, 0.29) is 0 Å². The molecule has 0 amide bonds. The summed E-state index contributed by atoms with van der Waals surface area (Å²) < 4.78 is 0. The molecule has 0 unspecified atom stereocenters. The molecule has 0 aliphatic heterocycles. The summed E-state index contributed by atoms with van der Waals surface area (Å²) in [6.45, 7) is 0. The van der Waals surface area contributed by atoms with Crippen molar-refractivity contribution in [1.82, 2.24) is 9.97 Å². The predicted octanol–water partition coefficient (Wildman–Crippen LogP) is 5.20. The summed E-state index contributed by atoms with van der Waals surface area (Å²) in [4.78, 5) is 13.2. The van der Waals surface area contributed by atoms with E-state index in [1.165, 1.54) is 9.75 Å². The van der Waals surface area contributed by atoms with E-state index in [9.17, 15) is 0 Å². The molecule has 4 heterocycles. The van der Waals surface area contributed by atoms with E-state index < -0.39 is 0 Å². The number of hydrogen-bond donors (Lipinski definition) is 0. The van der Waals surface area contributed by atoms with Gasteiger partial charge in [-0.15, -0.1) is 9.75 Å². The van der Waals surface area contributed by atoms with E-state index in [0.717, 1.165) is 21.1 Å². The number of aromatic nitrogens is 2. The van der Waals surface area contributed by atoms with Crippen LogP contribution in [0.2, 0.25) is 0 Å². The molecular weight excluding hydrogens is 308 g/mol. The molecule has 0 spiro atoms. The lowest BCUT2D eigenvalue weighted by Crippen LogP contribution is -1.75. The third-order valence-electron chi connectivity index (χ3n) is 3.13. The molecule has 0 fully saturated rings. The molecule has 0 aliphatic rings. The second-order valence-corrected chi connectivity index (χ2v) is 6.70. The lowest BCUT2D eigenvalue weighted by atomic mass is 10.3. The molecule has 4 aromatic rings. The molecule has 0 N–H and O–H groups in total. The van der Waals surface area contributed by atoms with Gasteiger partial charge >= 0.3 is 0 Å². The summed E-state index contributed by atoms with van der Waals surface area (Å²) in [5, 5.41) is 0. The first-order valence-corrected chi connectivity index (χ1v) is 8.40. The molecule has 22 heavy (non-hydrogen) atoms. The molecule has 0 radical (unpaired) electrons. The fourth-order valence-electron chi connectivity index (χ4n) is 2.09. The predicted molar refractivity (Wildman–Crippen MR) is 91.8 cm³/mol. The molecule has 0 saturated carbocycles.